The molecule has 2 aromatic rings. The van der Waals surface area contributed by atoms with Crippen LogP contribution < -0.4 is 4.74 Å². The smallest absolute Gasteiger partial charge is 0.406 e. The molecule has 0 aliphatic heterocycles. The number of hydrogen-bond donors (Lipinski definition) is 0. The Morgan fingerprint density at radius 1 is 1.26 bits per heavy atom. The maximum absolute atomic E-state index is 12.0. The van der Waals surface area contributed by atoms with Crippen LogP contribution >= 0.6 is 0 Å². The third kappa shape index (κ3) is 3.70. The number of aromatic nitrogens is 3. The fraction of sp³-hybridized carbons (Fsp3) is 0.182. The van der Waals surface area contributed by atoms with Gasteiger partial charge >= 0.3 is 6.36 Å². The second-order valence-electron chi connectivity index (χ2n) is 3.57. The highest BCUT2D eigenvalue weighted by molar-refractivity contribution is 5.27. The molecule has 0 spiro atoms. The molecule has 5 nitrogen and oxygen atoms in total. The van der Waals surface area contributed by atoms with Crippen molar-refractivity contribution >= 4 is 0 Å². The van der Waals surface area contributed by atoms with Crippen LogP contribution in [-0.4, -0.2) is 21.1 Å². The van der Waals surface area contributed by atoms with Crippen LogP contribution in [0.3, 0.4) is 0 Å². The SMILES string of the molecule is N#Cc1ncn(Cc2ccc(OC(F)(F)F)cc2)n1. The van der Waals surface area contributed by atoms with Gasteiger partial charge in [-0.1, -0.05) is 12.1 Å². The van der Waals surface area contributed by atoms with E-state index in [1.807, 2.05) is 0 Å². The first kappa shape index (κ1) is 12.9. The Kier molecular flexibility index (Phi) is 3.37. The van der Waals surface area contributed by atoms with Crippen molar-refractivity contribution in [3.8, 4) is 11.8 Å². The molecule has 8 heteroatoms. The standard InChI is InChI=1S/C11H7F3N4O/c12-11(13,14)19-9-3-1-8(2-4-9)6-18-7-16-10(5-15)17-18/h1-4,7H,6H2. The third-order valence-electron chi connectivity index (χ3n) is 2.14. The number of ether oxygens (including phenoxy) is 1. The molecule has 0 aliphatic rings. The average Bonchev–Trinajstić information content (AvgIpc) is 2.77. The minimum Gasteiger partial charge on any atom is -0.406 e. The minimum absolute atomic E-state index is 0.0389. The summed E-state index contributed by atoms with van der Waals surface area (Å²) in [6.45, 7) is 0.307. The van der Waals surface area contributed by atoms with Gasteiger partial charge in [-0.05, 0) is 17.7 Å². The van der Waals surface area contributed by atoms with Gasteiger partial charge in [-0.15, -0.1) is 18.3 Å². The Bertz CT molecular complexity index is 598. The van der Waals surface area contributed by atoms with Gasteiger partial charge in [-0.25, -0.2) is 9.67 Å². The molecule has 1 heterocycles. The summed E-state index contributed by atoms with van der Waals surface area (Å²) in [5.74, 6) is -0.246. The molecule has 1 aromatic carbocycles. The maximum atomic E-state index is 12.0. The van der Waals surface area contributed by atoms with E-state index in [4.69, 9.17) is 5.26 Å². The van der Waals surface area contributed by atoms with E-state index in [0.717, 1.165) is 0 Å². The van der Waals surface area contributed by atoms with Crippen LogP contribution in [0.15, 0.2) is 30.6 Å². The Morgan fingerprint density at radius 3 is 2.47 bits per heavy atom. The van der Waals surface area contributed by atoms with Gasteiger partial charge in [-0.3, -0.25) is 0 Å². The highest BCUT2D eigenvalue weighted by atomic mass is 19.4. The van der Waals surface area contributed by atoms with Crippen LogP contribution in [-0.2, 0) is 6.54 Å². The first-order chi connectivity index (χ1) is 8.96. The summed E-state index contributed by atoms with van der Waals surface area (Å²) in [4.78, 5) is 3.71. The van der Waals surface area contributed by atoms with Crippen LogP contribution in [0.25, 0.3) is 0 Å². The lowest BCUT2D eigenvalue weighted by Crippen LogP contribution is -2.17. The lowest BCUT2D eigenvalue weighted by atomic mass is 10.2. The minimum atomic E-state index is -4.70. The lowest BCUT2D eigenvalue weighted by molar-refractivity contribution is -0.274. The van der Waals surface area contributed by atoms with Crippen molar-refractivity contribution in [2.24, 2.45) is 0 Å². The molecule has 0 aliphatic carbocycles. The van der Waals surface area contributed by atoms with Gasteiger partial charge in [0.15, 0.2) is 0 Å². The monoisotopic (exact) mass is 268 g/mol. The molecule has 0 atom stereocenters. The van der Waals surface area contributed by atoms with Crippen LogP contribution in [0, 0.1) is 11.3 Å². The van der Waals surface area contributed by atoms with E-state index in [1.165, 1.54) is 35.3 Å². The molecule has 2 rings (SSSR count). The number of hydrogen-bond acceptors (Lipinski definition) is 4. The Labute approximate surface area is 105 Å². The average molecular weight is 268 g/mol. The van der Waals surface area contributed by atoms with Crippen LogP contribution in [0.2, 0.25) is 0 Å². The fourth-order valence-corrected chi connectivity index (χ4v) is 1.41. The fourth-order valence-electron chi connectivity index (χ4n) is 1.41. The summed E-state index contributed by atoms with van der Waals surface area (Å²) in [6.07, 6.45) is -3.33. The van der Waals surface area contributed by atoms with E-state index in [1.54, 1.807) is 6.07 Å². The summed E-state index contributed by atoms with van der Waals surface area (Å²) < 4.78 is 41.0. The normalized spacial score (nSPS) is 11.1. The Morgan fingerprint density at radius 2 is 1.95 bits per heavy atom. The van der Waals surface area contributed by atoms with E-state index in [0.29, 0.717) is 12.1 Å². The van der Waals surface area contributed by atoms with Crippen LogP contribution in [0.1, 0.15) is 11.4 Å². The van der Waals surface area contributed by atoms with Crippen LogP contribution in [0.4, 0.5) is 13.2 Å². The highest BCUT2D eigenvalue weighted by Gasteiger charge is 2.30. The molecule has 0 amide bonds. The number of alkyl halides is 3. The predicted molar refractivity (Wildman–Crippen MR) is 57.0 cm³/mol. The van der Waals surface area contributed by atoms with Crippen LogP contribution in [0.5, 0.6) is 5.75 Å². The molecule has 0 saturated heterocycles. The molecule has 0 unspecified atom stereocenters. The molecule has 0 fully saturated rings. The van der Waals surface area contributed by atoms with E-state index in [-0.39, 0.29) is 11.6 Å². The molecule has 19 heavy (non-hydrogen) atoms. The van der Waals surface area contributed by atoms with Crippen molar-refractivity contribution in [3.05, 3.63) is 42.0 Å². The molecule has 0 bridgehead atoms. The summed E-state index contributed by atoms with van der Waals surface area (Å²) in [5.41, 5.74) is 0.712. The molecule has 0 saturated carbocycles. The highest BCUT2D eigenvalue weighted by Crippen LogP contribution is 2.22. The third-order valence-corrected chi connectivity index (χ3v) is 2.14. The number of nitrogens with zero attached hydrogens (tertiary/aromatic N) is 4. The number of halogens is 3. The van der Waals surface area contributed by atoms with Gasteiger partial charge in [0, 0.05) is 0 Å². The van der Waals surface area contributed by atoms with Gasteiger partial charge in [0.1, 0.15) is 18.1 Å². The van der Waals surface area contributed by atoms with Crippen molar-refractivity contribution in [1.82, 2.24) is 14.8 Å². The second-order valence-corrected chi connectivity index (χ2v) is 3.57. The summed E-state index contributed by atoms with van der Waals surface area (Å²) in [6, 6.07) is 7.17. The number of rotatable bonds is 3. The zero-order valence-corrected chi connectivity index (χ0v) is 9.42. The summed E-state index contributed by atoms with van der Waals surface area (Å²) in [5, 5.41) is 12.4. The first-order valence-electron chi connectivity index (χ1n) is 5.10. The van der Waals surface area contributed by atoms with Gasteiger partial charge in [0.25, 0.3) is 5.82 Å². The molecule has 0 N–H and O–H groups in total. The quantitative estimate of drug-likeness (QED) is 0.855. The van der Waals surface area contributed by atoms with E-state index in [2.05, 4.69) is 14.8 Å². The molecular weight excluding hydrogens is 261 g/mol. The van der Waals surface area contributed by atoms with Gasteiger partial charge < -0.3 is 4.74 Å². The molecule has 98 valence electrons. The van der Waals surface area contributed by atoms with Crippen molar-refractivity contribution < 1.29 is 17.9 Å². The maximum Gasteiger partial charge on any atom is 0.573 e. The lowest BCUT2D eigenvalue weighted by Gasteiger charge is -2.09. The topological polar surface area (TPSA) is 63.7 Å². The van der Waals surface area contributed by atoms with E-state index in [9.17, 15) is 13.2 Å². The van der Waals surface area contributed by atoms with Crippen molar-refractivity contribution in [3.63, 3.8) is 0 Å². The summed E-state index contributed by atoms with van der Waals surface area (Å²) >= 11 is 0. The van der Waals surface area contributed by atoms with Crippen molar-refractivity contribution in [2.45, 2.75) is 12.9 Å². The first-order valence-corrected chi connectivity index (χ1v) is 5.10. The second kappa shape index (κ2) is 4.97. The number of nitriles is 1. The predicted octanol–water partition coefficient (Wildman–Crippen LogP) is 2.10. The zero-order valence-electron chi connectivity index (χ0n) is 9.42. The molecule has 0 radical (unpaired) electrons. The summed E-state index contributed by atoms with van der Waals surface area (Å²) in [7, 11) is 0. The van der Waals surface area contributed by atoms with Crippen molar-refractivity contribution in [1.29, 1.82) is 5.26 Å². The van der Waals surface area contributed by atoms with Gasteiger partial charge in [0.05, 0.1) is 6.54 Å². The zero-order chi connectivity index (χ0) is 13.9. The largest absolute Gasteiger partial charge is 0.573 e. The van der Waals surface area contributed by atoms with E-state index < -0.39 is 6.36 Å². The van der Waals surface area contributed by atoms with Gasteiger partial charge in [0.2, 0.25) is 0 Å². The number of benzene rings is 1. The van der Waals surface area contributed by atoms with Crippen molar-refractivity contribution in [2.75, 3.05) is 0 Å². The molecular formula is C11H7F3N4O. The Balaban J connectivity index is 2.05. The molecule has 1 aromatic heterocycles. The van der Waals surface area contributed by atoms with Gasteiger partial charge in [-0.2, -0.15) is 5.26 Å². The Hall–Kier alpha value is -2.56. The van der Waals surface area contributed by atoms with E-state index >= 15 is 0 Å².